The van der Waals surface area contributed by atoms with Crippen molar-refractivity contribution in [3.8, 4) is 28.6 Å². The van der Waals surface area contributed by atoms with Crippen LogP contribution >= 0.6 is 11.6 Å². The Morgan fingerprint density at radius 1 is 1.03 bits per heavy atom. The molecule has 0 spiro atoms. The Kier molecular flexibility index (Phi) is 4.67. The van der Waals surface area contributed by atoms with E-state index >= 15 is 0 Å². The van der Waals surface area contributed by atoms with E-state index in [1.54, 1.807) is 42.1 Å². The van der Waals surface area contributed by atoms with Crippen molar-refractivity contribution in [2.24, 2.45) is 0 Å². The maximum atomic E-state index is 6.30. The van der Waals surface area contributed by atoms with Crippen molar-refractivity contribution in [1.29, 1.82) is 0 Å². The van der Waals surface area contributed by atoms with Gasteiger partial charge in [-0.2, -0.15) is 5.10 Å². The molecular weight excluding hydrogens is 430 g/mol. The third-order valence-electron chi connectivity index (χ3n) is 5.08. The van der Waals surface area contributed by atoms with Crippen molar-refractivity contribution < 1.29 is 9.47 Å². The summed E-state index contributed by atoms with van der Waals surface area (Å²) in [6.07, 6.45) is 3.27. The second kappa shape index (κ2) is 7.54. The molecule has 0 bridgehead atoms. The van der Waals surface area contributed by atoms with Crippen LogP contribution in [-0.4, -0.2) is 31.7 Å². The highest BCUT2D eigenvalue weighted by atomic mass is 35.5. The highest BCUT2D eigenvalue weighted by Gasteiger charge is 2.17. The third kappa shape index (κ3) is 3.28. The fourth-order valence-corrected chi connectivity index (χ4v) is 3.72. The highest BCUT2D eigenvalue weighted by molar-refractivity contribution is 6.38. The Balaban J connectivity index is 1.58. The number of anilines is 2. The van der Waals surface area contributed by atoms with Gasteiger partial charge in [-0.1, -0.05) is 11.6 Å². The van der Waals surface area contributed by atoms with E-state index in [0.29, 0.717) is 55.9 Å². The number of rotatable bonds is 4. The second-order valence-corrected chi connectivity index (χ2v) is 7.52. The third-order valence-corrected chi connectivity index (χ3v) is 5.48. The fraction of sp³-hybridized carbons (Fsp3) is 0.0909. The van der Waals surface area contributed by atoms with Gasteiger partial charge in [-0.15, -0.1) is 0 Å². The minimum Gasteiger partial charge on any atom is -0.496 e. The lowest BCUT2D eigenvalue weighted by Crippen LogP contribution is -2.01. The van der Waals surface area contributed by atoms with Crippen LogP contribution in [0.15, 0.2) is 48.9 Å². The molecule has 32 heavy (non-hydrogen) atoms. The molecule has 4 N–H and O–H groups in total. The minimum atomic E-state index is 0.240. The van der Waals surface area contributed by atoms with Gasteiger partial charge in [-0.3, -0.25) is 0 Å². The number of hydrogen-bond acceptors (Lipinski definition) is 8. The number of benzene rings is 2. The molecule has 5 rings (SSSR count). The van der Waals surface area contributed by atoms with E-state index in [-0.39, 0.29) is 5.82 Å². The zero-order chi connectivity index (χ0) is 22.4. The second-order valence-electron chi connectivity index (χ2n) is 7.14. The molecule has 0 radical (unpaired) electrons. The first-order valence-corrected chi connectivity index (χ1v) is 10.00. The molecule has 10 heteroatoms. The van der Waals surface area contributed by atoms with Gasteiger partial charge in [0, 0.05) is 18.3 Å². The summed E-state index contributed by atoms with van der Waals surface area (Å²) in [5.41, 5.74) is 15.3. The maximum absolute atomic E-state index is 6.30. The zero-order valence-electron chi connectivity index (χ0n) is 17.2. The average Bonchev–Trinajstić information content (AvgIpc) is 3.25. The highest BCUT2D eigenvalue weighted by Crippen LogP contribution is 2.39. The Bertz CT molecular complexity index is 1500. The van der Waals surface area contributed by atoms with Crippen LogP contribution in [0.2, 0.25) is 5.02 Å². The van der Waals surface area contributed by atoms with Crippen molar-refractivity contribution in [3.05, 3.63) is 59.5 Å². The first kappa shape index (κ1) is 19.8. The van der Waals surface area contributed by atoms with E-state index in [1.807, 2.05) is 19.1 Å². The molecule has 160 valence electrons. The largest absolute Gasteiger partial charge is 0.496 e. The number of nitrogens with two attached hydrogens (primary N) is 2. The Labute approximate surface area is 187 Å². The molecule has 0 saturated heterocycles. The van der Waals surface area contributed by atoms with E-state index < -0.39 is 0 Å². The van der Waals surface area contributed by atoms with Gasteiger partial charge < -0.3 is 20.9 Å². The van der Waals surface area contributed by atoms with Crippen LogP contribution in [0.1, 0.15) is 5.56 Å². The lowest BCUT2D eigenvalue weighted by atomic mass is 10.1. The molecule has 0 fully saturated rings. The summed E-state index contributed by atoms with van der Waals surface area (Å²) in [7, 11) is 1.57. The number of aromatic nitrogens is 5. The molecule has 0 aliphatic heterocycles. The molecule has 2 aromatic carbocycles. The normalized spacial score (nSPS) is 11.2. The maximum Gasteiger partial charge on any atom is 0.165 e. The van der Waals surface area contributed by atoms with Gasteiger partial charge in [-0.05, 0) is 36.8 Å². The van der Waals surface area contributed by atoms with Crippen LogP contribution in [0.4, 0.5) is 11.5 Å². The molecule has 9 nitrogen and oxygen atoms in total. The first-order chi connectivity index (χ1) is 15.4. The number of ether oxygens (including phenoxy) is 2. The van der Waals surface area contributed by atoms with Crippen LogP contribution in [0.5, 0.6) is 17.2 Å². The van der Waals surface area contributed by atoms with Crippen molar-refractivity contribution in [1.82, 2.24) is 24.6 Å². The molecule has 3 aromatic heterocycles. The van der Waals surface area contributed by atoms with E-state index in [0.717, 1.165) is 5.56 Å². The van der Waals surface area contributed by atoms with Crippen LogP contribution in [0.3, 0.4) is 0 Å². The van der Waals surface area contributed by atoms with E-state index in [4.69, 9.17) is 32.5 Å². The topological polar surface area (TPSA) is 126 Å². The zero-order valence-corrected chi connectivity index (χ0v) is 18.0. The lowest BCUT2D eigenvalue weighted by molar-refractivity contribution is 0.409. The van der Waals surface area contributed by atoms with Gasteiger partial charge in [0.2, 0.25) is 0 Å². The molecule has 5 aromatic rings. The Hall–Kier alpha value is -4.11. The molecule has 0 amide bonds. The fourth-order valence-electron chi connectivity index (χ4n) is 3.46. The number of nitrogens with zero attached hydrogens (tertiary/aromatic N) is 5. The van der Waals surface area contributed by atoms with E-state index in [9.17, 15) is 0 Å². The molecular formula is C22H18ClN7O2. The van der Waals surface area contributed by atoms with Crippen LogP contribution < -0.4 is 20.9 Å². The van der Waals surface area contributed by atoms with Crippen LogP contribution in [-0.2, 0) is 0 Å². The van der Waals surface area contributed by atoms with Crippen LogP contribution in [0.25, 0.3) is 27.9 Å². The molecule has 0 aliphatic rings. The Morgan fingerprint density at radius 2 is 1.88 bits per heavy atom. The van der Waals surface area contributed by atoms with Gasteiger partial charge in [0.15, 0.2) is 11.5 Å². The summed E-state index contributed by atoms with van der Waals surface area (Å²) in [4.78, 5) is 13.3. The van der Waals surface area contributed by atoms with Gasteiger partial charge in [0.05, 0.1) is 34.3 Å². The van der Waals surface area contributed by atoms with Crippen molar-refractivity contribution >= 4 is 39.7 Å². The molecule has 0 atom stereocenters. The number of methoxy groups -OCH3 is 1. The monoisotopic (exact) mass is 447 g/mol. The number of fused-ring (bicyclic) bond motifs is 2. The minimum absolute atomic E-state index is 0.240. The predicted octanol–water partition coefficient (Wildman–Crippen LogP) is 4.27. The molecule has 3 heterocycles. The van der Waals surface area contributed by atoms with Crippen molar-refractivity contribution in [2.45, 2.75) is 6.92 Å². The summed E-state index contributed by atoms with van der Waals surface area (Å²) >= 11 is 6.30. The summed E-state index contributed by atoms with van der Waals surface area (Å²) in [5.74, 6) is 2.44. The SMILES string of the molecule is COc1cc(Oc2ccn3ncnc3c2)c(C)cc1-c1nc(N)c2c(Cl)c(N)ccc2n1. The quantitative estimate of drug-likeness (QED) is 0.391. The molecule has 0 aliphatic carbocycles. The number of pyridine rings is 1. The predicted molar refractivity (Wildman–Crippen MR) is 123 cm³/mol. The van der Waals surface area contributed by atoms with Gasteiger partial charge in [0.25, 0.3) is 0 Å². The summed E-state index contributed by atoms with van der Waals surface area (Å²) < 4.78 is 13.4. The number of aryl methyl sites for hydroxylation is 1. The van der Waals surface area contributed by atoms with Crippen LogP contribution in [0, 0.1) is 6.92 Å². The number of hydrogen-bond donors (Lipinski definition) is 2. The summed E-state index contributed by atoms with van der Waals surface area (Å²) in [6.45, 7) is 1.93. The Morgan fingerprint density at radius 3 is 2.69 bits per heavy atom. The number of nitrogen functional groups attached to an aromatic ring is 2. The van der Waals surface area contributed by atoms with Crippen molar-refractivity contribution in [2.75, 3.05) is 18.6 Å². The number of halogens is 1. The van der Waals surface area contributed by atoms with Gasteiger partial charge >= 0.3 is 0 Å². The smallest absolute Gasteiger partial charge is 0.165 e. The van der Waals surface area contributed by atoms with Gasteiger partial charge in [-0.25, -0.2) is 19.5 Å². The summed E-state index contributed by atoms with van der Waals surface area (Å²) in [5, 5.41) is 4.95. The van der Waals surface area contributed by atoms with E-state index in [1.165, 1.54) is 6.33 Å². The average molecular weight is 448 g/mol. The molecule has 0 unspecified atom stereocenters. The van der Waals surface area contributed by atoms with E-state index in [2.05, 4.69) is 20.1 Å². The van der Waals surface area contributed by atoms with Crippen molar-refractivity contribution in [3.63, 3.8) is 0 Å². The standard InChI is InChI=1S/C22H18ClN7O2/c1-11-7-13(22-28-15-4-3-14(24)20(23)19(15)21(25)29-22)17(31-2)9-16(11)32-12-5-6-30-18(8-12)26-10-27-30/h3-10H,24H2,1-2H3,(H2,25,28,29). The lowest BCUT2D eigenvalue weighted by Gasteiger charge is -2.15. The first-order valence-electron chi connectivity index (χ1n) is 9.62. The van der Waals surface area contributed by atoms with Gasteiger partial charge in [0.1, 0.15) is 29.4 Å². The summed E-state index contributed by atoms with van der Waals surface area (Å²) in [6, 6.07) is 10.7. The molecule has 0 saturated carbocycles.